The summed E-state index contributed by atoms with van der Waals surface area (Å²) in [6.45, 7) is 10.4. The Labute approximate surface area is 121 Å². The summed E-state index contributed by atoms with van der Waals surface area (Å²) in [6.07, 6.45) is 2.45. The van der Waals surface area contributed by atoms with Crippen molar-refractivity contribution in [2.75, 3.05) is 19.6 Å². The number of carboxylic acids is 1. The van der Waals surface area contributed by atoms with Crippen LogP contribution in [0, 0.1) is 17.8 Å². The maximum Gasteiger partial charge on any atom is 0.307 e. The van der Waals surface area contributed by atoms with E-state index in [1.807, 2.05) is 0 Å². The molecule has 0 aromatic heterocycles. The zero-order valence-corrected chi connectivity index (χ0v) is 13.1. The quantitative estimate of drug-likeness (QED) is 0.744. The highest BCUT2D eigenvalue weighted by Gasteiger charge is 2.28. The molecule has 1 aliphatic heterocycles. The van der Waals surface area contributed by atoms with E-state index in [1.54, 1.807) is 13.8 Å². The van der Waals surface area contributed by atoms with Crippen molar-refractivity contribution in [2.45, 2.75) is 46.6 Å². The van der Waals surface area contributed by atoms with Gasteiger partial charge in [-0.25, -0.2) is 0 Å². The maximum absolute atomic E-state index is 12.0. The minimum Gasteiger partial charge on any atom is -0.481 e. The van der Waals surface area contributed by atoms with Gasteiger partial charge in [-0.3, -0.25) is 14.5 Å². The molecule has 0 aromatic carbocycles. The first-order chi connectivity index (χ1) is 9.34. The highest BCUT2D eigenvalue weighted by atomic mass is 16.4. The van der Waals surface area contributed by atoms with Gasteiger partial charge in [0.1, 0.15) is 0 Å². The van der Waals surface area contributed by atoms with Gasteiger partial charge in [0.25, 0.3) is 0 Å². The van der Waals surface area contributed by atoms with Crippen LogP contribution in [0.5, 0.6) is 0 Å². The first-order valence-electron chi connectivity index (χ1n) is 7.59. The molecule has 3 unspecified atom stereocenters. The standard InChI is InChI=1S/C15H28N2O3/c1-10(2)13(17-7-5-6-8-17)9-16-14(18)11(3)12(4)15(19)20/h10-13H,5-9H2,1-4H3,(H,16,18)(H,19,20). The van der Waals surface area contributed by atoms with E-state index < -0.39 is 17.8 Å². The zero-order valence-electron chi connectivity index (χ0n) is 13.1. The highest BCUT2D eigenvalue weighted by Crippen LogP contribution is 2.17. The van der Waals surface area contributed by atoms with Crippen molar-refractivity contribution in [1.82, 2.24) is 10.2 Å². The number of amides is 1. The van der Waals surface area contributed by atoms with Crippen molar-refractivity contribution in [3.63, 3.8) is 0 Å². The summed E-state index contributed by atoms with van der Waals surface area (Å²) in [5, 5.41) is 11.9. The van der Waals surface area contributed by atoms with Gasteiger partial charge in [-0.15, -0.1) is 0 Å². The molecule has 1 amide bonds. The summed E-state index contributed by atoms with van der Waals surface area (Å²) < 4.78 is 0. The molecule has 2 N–H and O–H groups in total. The SMILES string of the molecule is CC(C)C(CNC(=O)C(C)C(C)C(=O)O)N1CCCC1. The number of aliphatic carboxylic acids is 1. The molecule has 20 heavy (non-hydrogen) atoms. The lowest BCUT2D eigenvalue weighted by Gasteiger charge is -2.31. The lowest BCUT2D eigenvalue weighted by atomic mass is 9.95. The van der Waals surface area contributed by atoms with E-state index in [9.17, 15) is 9.59 Å². The molecule has 0 aromatic rings. The first-order valence-corrected chi connectivity index (χ1v) is 7.59. The molecule has 1 saturated heterocycles. The molecule has 116 valence electrons. The van der Waals surface area contributed by atoms with E-state index in [-0.39, 0.29) is 5.91 Å². The van der Waals surface area contributed by atoms with Crippen molar-refractivity contribution < 1.29 is 14.7 Å². The van der Waals surface area contributed by atoms with Gasteiger partial charge in [0.2, 0.25) is 5.91 Å². The Morgan fingerprint density at radius 1 is 1.10 bits per heavy atom. The van der Waals surface area contributed by atoms with Crippen LogP contribution in [0.25, 0.3) is 0 Å². The molecular formula is C15H28N2O3. The van der Waals surface area contributed by atoms with Crippen LogP contribution >= 0.6 is 0 Å². The van der Waals surface area contributed by atoms with Crippen LogP contribution in [0.1, 0.15) is 40.5 Å². The molecule has 3 atom stereocenters. The predicted molar refractivity (Wildman–Crippen MR) is 78.4 cm³/mol. The Morgan fingerprint density at radius 3 is 2.10 bits per heavy atom. The number of nitrogens with one attached hydrogen (secondary N) is 1. The Kier molecular flexibility index (Phi) is 6.46. The van der Waals surface area contributed by atoms with Gasteiger partial charge in [0.05, 0.1) is 5.92 Å². The minimum absolute atomic E-state index is 0.162. The number of hydrogen-bond acceptors (Lipinski definition) is 3. The highest BCUT2D eigenvalue weighted by molar-refractivity contribution is 5.84. The Hall–Kier alpha value is -1.10. The monoisotopic (exact) mass is 284 g/mol. The molecule has 1 rings (SSSR count). The molecule has 1 heterocycles. The normalized spacial score (nSPS) is 20.6. The number of hydrogen-bond donors (Lipinski definition) is 2. The summed E-state index contributed by atoms with van der Waals surface area (Å²) in [4.78, 5) is 25.4. The van der Waals surface area contributed by atoms with Crippen molar-refractivity contribution >= 4 is 11.9 Å². The molecule has 0 aliphatic carbocycles. The maximum atomic E-state index is 12.0. The first kappa shape index (κ1) is 17.0. The molecule has 5 heteroatoms. The van der Waals surface area contributed by atoms with Crippen LogP contribution < -0.4 is 5.32 Å². The number of carbonyl (C=O) groups excluding carboxylic acids is 1. The molecule has 0 spiro atoms. The fourth-order valence-electron chi connectivity index (χ4n) is 2.67. The van der Waals surface area contributed by atoms with Gasteiger partial charge in [0.15, 0.2) is 0 Å². The van der Waals surface area contributed by atoms with Crippen LogP contribution in [-0.2, 0) is 9.59 Å². The van der Waals surface area contributed by atoms with Gasteiger partial charge in [-0.05, 0) is 31.8 Å². The van der Waals surface area contributed by atoms with Crippen molar-refractivity contribution in [2.24, 2.45) is 17.8 Å². The van der Waals surface area contributed by atoms with E-state index in [1.165, 1.54) is 12.8 Å². The number of rotatable bonds is 7. The summed E-state index contributed by atoms with van der Waals surface area (Å²) in [5.41, 5.74) is 0. The van der Waals surface area contributed by atoms with Crippen molar-refractivity contribution in [3.05, 3.63) is 0 Å². The Bertz CT molecular complexity index is 338. The van der Waals surface area contributed by atoms with Crippen LogP contribution in [0.2, 0.25) is 0 Å². The summed E-state index contributed by atoms with van der Waals surface area (Å²) in [5.74, 6) is -1.77. The van der Waals surface area contributed by atoms with Crippen molar-refractivity contribution in [3.8, 4) is 0 Å². The largest absolute Gasteiger partial charge is 0.481 e. The van der Waals surface area contributed by atoms with E-state index in [4.69, 9.17) is 5.11 Å². The van der Waals surface area contributed by atoms with E-state index in [0.29, 0.717) is 18.5 Å². The third-order valence-corrected chi connectivity index (χ3v) is 4.42. The Morgan fingerprint density at radius 2 is 1.65 bits per heavy atom. The Balaban J connectivity index is 2.50. The molecule has 0 radical (unpaired) electrons. The molecule has 0 bridgehead atoms. The summed E-state index contributed by atoms with van der Waals surface area (Å²) >= 11 is 0. The molecule has 1 fully saturated rings. The molecular weight excluding hydrogens is 256 g/mol. The third-order valence-electron chi connectivity index (χ3n) is 4.42. The average molecular weight is 284 g/mol. The fourth-order valence-corrected chi connectivity index (χ4v) is 2.67. The number of nitrogens with zero attached hydrogens (tertiary/aromatic N) is 1. The van der Waals surface area contributed by atoms with Gasteiger partial charge in [-0.2, -0.15) is 0 Å². The van der Waals surface area contributed by atoms with E-state index >= 15 is 0 Å². The van der Waals surface area contributed by atoms with Gasteiger partial charge in [0, 0.05) is 18.5 Å². The average Bonchev–Trinajstić information content (AvgIpc) is 2.90. The summed E-state index contributed by atoms with van der Waals surface area (Å²) in [6, 6.07) is 0.341. The topological polar surface area (TPSA) is 69.6 Å². The van der Waals surface area contributed by atoms with Crippen LogP contribution in [0.3, 0.4) is 0 Å². The minimum atomic E-state index is -0.924. The van der Waals surface area contributed by atoms with Crippen LogP contribution in [0.15, 0.2) is 0 Å². The molecule has 5 nitrogen and oxygen atoms in total. The molecule has 0 saturated carbocycles. The van der Waals surface area contributed by atoms with Gasteiger partial charge in [-0.1, -0.05) is 27.7 Å². The van der Waals surface area contributed by atoms with Crippen molar-refractivity contribution in [1.29, 1.82) is 0 Å². The smallest absolute Gasteiger partial charge is 0.307 e. The number of likely N-dealkylation sites (tertiary alicyclic amines) is 1. The molecule has 1 aliphatic rings. The van der Waals surface area contributed by atoms with Gasteiger partial charge < -0.3 is 10.4 Å². The second kappa shape index (κ2) is 7.62. The van der Waals surface area contributed by atoms with E-state index in [0.717, 1.165) is 13.1 Å². The van der Waals surface area contributed by atoms with Crippen LogP contribution in [0.4, 0.5) is 0 Å². The number of carbonyl (C=O) groups is 2. The fraction of sp³-hybridized carbons (Fsp3) is 0.867. The third kappa shape index (κ3) is 4.47. The predicted octanol–water partition coefficient (Wildman–Crippen LogP) is 1.58. The lowest BCUT2D eigenvalue weighted by molar-refractivity contribution is -0.146. The second-order valence-electron chi connectivity index (χ2n) is 6.22. The van der Waals surface area contributed by atoms with Crippen LogP contribution in [-0.4, -0.2) is 47.6 Å². The van der Waals surface area contributed by atoms with E-state index in [2.05, 4.69) is 24.1 Å². The van der Waals surface area contributed by atoms with Gasteiger partial charge >= 0.3 is 5.97 Å². The zero-order chi connectivity index (χ0) is 15.3. The summed E-state index contributed by atoms with van der Waals surface area (Å²) in [7, 11) is 0. The number of carboxylic acid groups (broad SMARTS) is 1. The second-order valence-corrected chi connectivity index (χ2v) is 6.22. The lowest BCUT2D eigenvalue weighted by Crippen LogP contribution is -2.47.